The third-order valence-corrected chi connectivity index (χ3v) is 2.91. The number of benzene rings is 1. The SMILES string of the molecule is COC(=O)c1ncc(-c2cccc(C(F)(F)F)c2F)cc1N. The van der Waals surface area contributed by atoms with Crippen molar-refractivity contribution in [2.45, 2.75) is 6.18 Å². The summed E-state index contributed by atoms with van der Waals surface area (Å²) >= 11 is 0. The van der Waals surface area contributed by atoms with Gasteiger partial charge in [0.2, 0.25) is 0 Å². The zero-order chi connectivity index (χ0) is 16.5. The van der Waals surface area contributed by atoms with E-state index in [-0.39, 0.29) is 22.5 Å². The van der Waals surface area contributed by atoms with Crippen molar-refractivity contribution < 1.29 is 27.1 Å². The van der Waals surface area contributed by atoms with E-state index in [9.17, 15) is 22.4 Å². The van der Waals surface area contributed by atoms with Gasteiger partial charge in [0, 0.05) is 17.3 Å². The molecule has 2 rings (SSSR count). The van der Waals surface area contributed by atoms with Crippen molar-refractivity contribution in [2.75, 3.05) is 12.8 Å². The summed E-state index contributed by atoms with van der Waals surface area (Å²) in [5.41, 5.74) is 3.60. The van der Waals surface area contributed by atoms with Crippen molar-refractivity contribution in [1.29, 1.82) is 0 Å². The monoisotopic (exact) mass is 314 g/mol. The molecule has 1 aromatic heterocycles. The van der Waals surface area contributed by atoms with Crippen molar-refractivity contribution >= 4 is 11.7 Å². The number of hydrogen-bond acceptors (Lipinski definition) is 4. The average Bonchev–Trinajstić information content (AvgIpc) is 2.45. The first-order chi connectivity index (χ1) is 10.3. The molecule has 4 nitrogen and oxygen atoms in total. The topological polar surface area (TPSA) is 65.2 Å². The fraction of sp³-hybridized carbons (Fsp3) is 0.143. The number of pyridine rings is 1. The number of nitrogens with two attached hydrogens (primary N) is 1. The zero-order valence-corrected chi connectivity index (χ0v) is 11.2. The van der Waals surface area contributed by atoms with Crippen LogP contribution in [0.2, 0.25) is 0 Å². The zero-order valence-electron chi connectivity index (χ0n) is 11.2. The molecule has 0 atom stereocenters. The maximum Gasteiger partial charge on any atom is 0.419 e. The van der Waals surface area contributed by atoms with Crippen molar-refractivity contribution in [1.82, 2.24) is 4.98 Å². The van der Waals surface area contributed by atoms with Crippen molar-refractivity contribution in [2.24, 2.45) is 0 Å². The van der Waals surface area contributed by atoms with E-state index in [1.54, 1.807) is 0 Å². The van der Waals surface area contributed by atoms with Crippen LogP contribution in [-0.2, 0) is 10.9 Å². The van der Waals surface area contributed by atoms with Crippen LogP contribution >= 0.6 is 0 Å². The van der Waals surface area contributed by atoms with Crippen molar-refractivity contribution in [3.8, 4) is 11.1 Å². The van der Waals surface area contributed by atoms with E-state index < -0.39 is 23.5 Å². The predicted octanol–water partition coefficient (Wildman–Crippen LogP) is 3.28. The van der Waals surface area contributed by atoms with Gasteiger partial charge in [-0.25, -0.2) is 14.2 Å². The van der Waals surface area contributed by atoms with Gasteiger partial charge in [-0.1, -0.05) is 12.1 Å². The molecule has 0 aliphatic carbocycles. The molecule has 8 heteroatoms. The number of halogens is 4. The summed E-state index contributed by atoms with van der Waals surface area (Å²) in [5.74, 6) is -2.23. The number of alkyl halides is 3. The van der Waals surface area contributed by atoms with Crippen molar-refractivity contribution in [3.05, 3.63) is 47.5 Å². The second-order valence-corrected chi connectivity index (χ2v) is 4.32. The maximum absolute atomic E-state index is 14.0. The molecule has 2 N–H and O–H groups in total. The maximum atomic E-state index is 14.0. The van der Waals surface area contributed by atoms with Gasteiger partial charge >= 0.3 is 12.1 Å². The number of aromatic nitrogens is 1. The van der Waals surface area contributed by atoms with Gasteiger partial charge in [-0.15, -0.1) is 0 Å². The van der Waals surface area contributed by atoms with Gasteiger partial charge in [-0.2, -0.15) is 13.2 Å². The summed E-state index contributed by atoms with van der Waals surface area (Å²) in [6, 6.07) is 4.04. The lowest BCUT2D eigenvalue weighted by Gasteiger charge is -2.12. The largest absolute Gasteiger partial charge is 0.464 e. The fourth-order valence-corrected chi connectivity index (χ4v) is 1.87. The third-order valence-electron chi connectivity index (χ3n) is 2.91. The molecule has 116 valence electrons. The van der Waals surface area contributed by atoms with Crippen LogP contribution in [0.25, 0.3) is 11.1 Å². The molecule has 0 saturated heterocycles. The number of carbonyl (C=O) groups is 1. The Bertz CT molecular complexity index is 729. The van der Waals surface area contributed by atoms with Gasteiger partial charge in [0.15, 0.2) is 5.69 Å². The van der Waals surface area contributed by atoms with E-state index in [4.69, 9.17) is 5.73 Å². The third kappa shape index (κ3) is 2.85. The Balaban J connectivity index is 2.54. The van der Waals surface area contributed by atoms with E-state index in [0.717, 1.165) is 25.4 Å². The normalized spacial score (nSPS) is 11.3. The van der Waals surface area contributed by atoms with Gasteiger partial charge in [0.1, 0.15) is 5.82 Å². The number of esters is 1. The summed E-state index contributed by atoms with van der Waals surface area (Å²) in [7, 11) is 1.13. The molecule has 0 saturated carbocycles. The summed E-state index contributed by atoms with van der Waals surface area (Å²) < 4.78 is 56.6. The predicted molar refractivity (Wildman–Crippen MR) is 70.4 cm³/mol. The molecule has 0 radical (unpaired) electrons. The van der Waals surface area contributed by atoms with Gasteiger partial charge in [-0.05, 0) is 12.1 Å². The highest BCUT2D eigenvalue weighted by Crippen LogP contribution is 2.35. The standard InChI is InChI=1S/C14H10F4N2O2/c1-22-13(21)12-10(19)5-7(6-20-12)8-3-2-4-9(11(8)15)14(16,17)18/h2-6H,19H2,1H3. The van der Waals surface area contributed by atoms with Gasteiger partial charge < -0.3 is 10.5 Å². The first-order valence-electron chi connectivity index (χ1n) is 5.95. The summed E-state index contributed by atoms with van der Waals surface area (Å²) in [6.45, 7) is 0. The number of nitrogen functional groups attached to an aromatic ring is 1. The molecule has 1 heterocycles. The Labute approximate surface area is 122 Å². The van der Waals surface area contributed by atoms with Crippen LogP contribution in [0, 0.1) is 5.82 Å². The van der Waals surface area contributed by atoms with Crippen LogP contribution in [0.4, 0.5) is 23.2 Å². The lowest BCUT2D eigenvalue weighted by atomic mass is 10.0. The fourth-order valence-electron chi connectivity index (χ4n) is 1.87. The average molecular weight is 314 g/mol. The first-order valence-corrected chi connectivity index (χ1v) is 5.95. The number of ether oxygens (including phenoxy) is 1. The number of hydrogen-bond donors (Lipinski definition) is 1. The molecule has 1 aromatic carbocycles. The minimum absolute atomic E-state index is 0.0220. The van der Waals surface area contributed by atoms with Gasteiger partial charge in [0.05, 0.1) is 18.4 Å². The number of rotatable bonds is 2. The van der Waals surface area contributed by atoms with Gasteiger partial charge in [0.25, 0.3) is 0 Å². The van der Waals surface area contributed by atoms with E-state index in [1.165, 1.54) is 6.07 Å². The lowest BCUT2D eigenvalue weighted by Crippen LogP contribution is -2.10. The van der Waals surface area contributed by atoms with Crippen LogP contribution in [0.1, 0.15) is 16.1 Å². The van der Waals surface area contributed by atoms with E-state index >= 15 is 0 Å². The Morgan fingerprint density at radius 2 is 2.00 bits per heavy atom. The van der Waals surface area contributed by atoms with Crippen molar-refractivity contribution in [3.63, 3.8) is 0 Å². The summed E-state index contributed by atoms with van der Waals surface area (Å²) in [4.78, 5) is 15.1. The number of carbonyl (C=O) groups excluding carboxylic acids is 1. The second-order valence-electron chi connectivity index (χ2n) is 4.32. The highest BCUT2D eigenvalue weighted by Gasteiger charge is 2.35. The van der Waals surface area contributed by atoms with E-state index in [0.29, 0.717) is 6.07 Å². The van der Waals surface area contributed by atoms with Crippen LogP contribution in [0.5, 0.6) is 0 Å². The molecule has 0 fully saturated rings. The molecule has 0 bridgehead atoms. The highest BCUT2D eigenvalue weighted by atomic mass is 19.4. The molecular formula is C14H10F4N2O2. The molecule has 0 spiro atoms. The van der Waals surface area contributed by atoms with Crippen LogP contribution in [0.3, 0.4) is 0 Å². The molecule has 0 aliphatic heterocycles. The Morgan fingerprint density at radius 1 is 1.32 bits per heavy atom. The molecule has 0 aliphatic rings. The first kappa shape index (κ1) is 15.7. The highest BCUT2D eigenvalue weighted by molar-refractivity contribution is 5.93. The van der Waals surface area contributed by atoms with Crippen LogP contribution in [-0.4, -0.2) is 18.1 Å². The number of methoxy groups -OCH3 is 1. The molecule has 2 aromatic rings. The minimum Gasteiger partial charge on any atom is -0.464 e. The molecule has 0 unspecified atom stereocenters. The van der Waals surface area contributed by atoms with Crippen LogP contribution in [0.15, 0.2) is 30.5 Å². The summed E-state index contributed by atoms with van der Waals surface area (Å²) in [6.07, 6.45) is -3.76. The Kier molecular flexibility index (Phi) is 4.03. The lowest BCUT2D eigenvalue weighted by molar-refractivity contribution is -0.139. The number of anilines is 1. The smallest absolute Gasteiger partial charge is 0.419 e. The number of nitrogens with zero attached hydrogens (tertiary/aromatic N) is 1. The Hall–Kier alpha value is -2.64. The summed E-state index contributed by atoms with van der Waals surface area (Å²) in [5, 5.41) is 0. The molecular weight excluding hydrogens is 304 g/mol. The molecule has 0 amide bonds. The Morgan fingerprint density at radius 3 is 2.55 bits per heavy atom. The minimum atomic E-state index is -4.81. The van der Waals surface area contributed by atoms with Gasteiger partial charge in [-0.3, -0.25) is 0 Å². The quantitative estimate of drug-likeness (QED) is 0.682. The molecule has 22 heavy (non-hydrogen) atoms. The van der Waals surface area contributed by atoms with E-state index in [2.05, 4.69) is 9.72 Å². The second kappa shape index (κ2) is 5.63. The van der Waals surface area contributed by atoms with Crippen LogP contribution < -0.4 is 5.73 Å². The van der Waals surface area contributed by atoms with E-state index in [1.807, 2.05) is 0 Å².